The third-order valence-electron chi connectivity index (χ3n) is 1.82. The molecule has 1 aliphatic rings. The highest BCUT2D eigenvalue weighted by atomic mass is 16.3. The van der Waals surface area contributed by atoms with E-state index in [9.17, 15) is 5.11 Å². The Hall–Kier alpha value is -1.74. The molecule has 0 radical (unpaired) electrons. The lowest BCUT2D eigenvalue weighted by atomic mass is 9.93. The zero-order chi connectivity index (χ0) is 8.97. The number of nitriles is 2. The Morgan fingerprint density at radius 1 is 1.33 bits per heavy atom. The monoisotopic (exact) mass is 160 g/mol. The maximum absolute atomic E-state index is 9.27. The zero-order valence-electron chi connectivity index (χ0n) is 6.54. The second-order valence-corrected chi connectivity index (χ2v) is 2.59. The normalized spacial score (nSPS) is 20.3. The Kier molecular flexibility index (Phi) is 2.50. The first-order valence-electron chi connectivity index (χ1n) is 3.71. The van der Waals surface area contributed by atoms with Crippen molar-refractivity contribution in [2.45, 2.75) is 19.3 Å². The molecule has 0 heterocycles. The van der Waals surface area contributed by atoms with E-state index in [4.69, 9.17) is 10.5 Å². The summed E-state index contributed by atoms with van der Waals surface area (Å²) < 4.78 is 0. The van der Waals surface area contributed by atoms with E-state index < -0.39 is 0 Å². The minimum atomic E-state index is 0.116. The zero-order valence-corrected chi connectivity index (χ0v) is 6.54. The van der Waals surface area contributed by atoms with Gasteiger partial charge in [-0.3, -0.25) is 0 Å². The van der Waals surface area contributed by atoms with Crippen molar-refractivity contribution in [2.24, 2.45) is 0 Å². The molecule has 0 spiro atoms. The average Bonchev–Trinajstić information content (AvgIpc) is 2.05. The predicted molar refractivity (Wildman–Crippen MR) is 42.8 cm³/mol. The summed E-state index contributed by atoms with van der Waals surface area (Å²) >= 11 is 0. The molecule has 1 N–H and O–H groups in total. The third kappa shape index (κ3) is 1.46. The molecule has 0 aliphatic heterocycles. The van der Waals surface area contributed by atoms with E-state index in [0.29, 0.717) is 18.4 Å². The van der Waals surface area contributed by atoms with Crippen molar-refractivity contribution in [3.8, 4) is 12.1 Å². The molecule has 1 aliphatic carbocycles. The summed E-state index contributed by atoms with van der Waals surface area (Å²) in [5.74, 6) is 0.116. The van der Waals surface area contributed by atoms with Crippen molar-refractivity contribution in [1.29, 1.82) is 10.5 Å². The Morgan fingerprint density at radius 2 is 2.08 bits per heavy atom. The van der Waals surface area contributed by atoms with Crippen molar-refractivity contribution in [3.63, 3.8) is 0 Å². The van der Waals surface area contributed by atoms with Crippen molar-refractivity contribution >= 4 is 0 Å². The Balaban J connectivity index is 3.08. The molecule has 0 unspecified atom stereocenters. The summed E-state index contributed by atoms with van der Waals surface area (Å²) in [6.07, 6.45) is 3.39. The molecule has 1 rings (SSSR count). The first-order chi connectivity index (χ1) is 5.79. The van der Waals surface area contributed by atoms with E-state index in [1.54, 1.807) is 0 Å². The summed E-state index contributed by atoms with van der Waals surface area (Å²) in [6, 6.07) is 3.76. The highest BCUT2D eigenvalue weighted by molar-refractivity contribution is 5.47. The first-order valence-corrected chi connectivity index (χ1v) is 3.71. The molecule has 0 atom stereocenters. The summed E-state index contributed by atoms with van der Waals surface area (Å²) in [7, 11) is 0. The largest absolute Gasteiger partial charge is 0.511 e. The molecule has 0 saturated carbocycles. The van der Waals surface area contributed by atoms with Crippen LogP contribution in [0.2, 0.25) is 0 Å². The van der Waals surface area contributed by atoms with Crippen LogP contribution in [0.15, 0.2) is 23.0 Å². The van der Waals surface area contributed by atoms with E-state index in [-0.39, 0.29) is 11.3 Å². The molecular formula is C9H8N2O. The lowest BCUT2D eigenvalue weighted by molar-refractivity contribution is 0.373. The molecule has 0 aromatic heterocycles. The van der Waals surface area contributed by atoms with Crippen LogP contribution < -0.4 is 0 Å². The average molecular weight is 160 g/mol. The van der Waals surface area contributed by atoms with E-state index >= 15 is 0 Å². The lowest BCUT2D eigenvalue weighted by Gasteiger charge is -2.12. The molecule has 0 aromatic rings. The van der Waals surface area contributed by atoms with E-state index in [0.717, 1.165) is 6.42 Å². The number of aliphatic hydroxyl groups excluding tert-OH is 1. The SMILES string of the molecule is N#C/C=C1/CCCC(O)=C1C#N. The van der Waals surface area contributed by atoms with E-state index in [1.165, 1.54) is 6.08 Å². The highest BCUT2D eigenvalue weighted by Crippen LogP contribution is 2.27. The van der Waals surface area contributed by atoms with Crippen LogP contribution in [0.4, 0.5) is 0 Å². The Morgan fingerprint density at radius 3 is 2.67 bits per heavy atom. The molecule has 60 valence electrons. The molecule has 0 aromatic carbocycles. The Labute approximate surface area is 70.9 Å². The topological polar surface area (TPSA) is 67.8 Å². The number of allylic oxidation sites excluding steroid dienone is 4. The van der Waals surface area contributed by atoms with Crippen LogP contribution in [-0.2, 0) is 0 Å². The van der Waals surface area contributed by atoms with Crippen LogP contribution in [-0.4, -0.2) is 5.11 Å². The van der Waals surface area contributed by atoms with Gasteiger partial charge in [0.2, 0.25) is 0 Å². The molecule has 3 heteroatoms. The molecule has 3 nitrogen and oxygen atoms in total. The number of aliphatic hydroxyl groups is 1. The van der Waals surface area contributed by atoms with Crippen LogP contribution in [0.1, 0.15) is 19.3 Å². The van der Waals surface area contributed by atoms with Crippen molar-refractivity contribution in [1.82, 2.24) is 0 Å². The van der Waals surface area contributed by atoms with Gasteiger partial charge in [-0.05, 0) is 18.4 Å². The quantitative estimate of drug-likeness (QED) is 0.550. The van der Waals surface area contributed by atoms with Gasteiger partial charge in [0.1, 0.15) is 11.8 Å². The predicted octanol–water partition coefficient (Wildman–Crippen LogP) is 1.96. The van der Waals surface area contributed by atoms with Crippen molar-refractivity contribution < 1.29 is 5.11 Å². The lowest BCUT2D eigenvalue weighted by Crippen LogP contribution is -2.01. The number of nitrogens with zero attached hydrogens (tertiary/aromatic N) is 2. The van der Waals surface area contributed by atoms with Crippen LogP contribution >= 0.6 is 0 Å². The van der Waals surface area contributed by atoms with Crippen molar-refractivity contribution in [3.05, 3.63) is 23.0 Å². The Bertz CT molecular complexity index is 325. The van der Waals surface area contributed by atoms with Gasteiger partial charge in [-0.15, -0.1) is 0 Å². The maximum atomic E-state index is 9.27. The van der Waals surface area contributed by atoms with E-state index in [1.807, 2.05) is 12.1 Å². The smallest absolute Gasteiger partial charge is 0.110 e. The van der Waals surface area contributed by atoms with Gasteiger partial charge >= 0.3 is 0 Å². The van der Waals surface area contributed by atoms with Gasteiger partial charge in [0, 0.05) is 12.5 Å². The number of hydrogen-bond donors (Lipinski definition) is 1. The molecule has 0 fully saturated rings. The van der Waals surface area contributed by atoms with Gasteiger partial charge in [0.05, 0.1) is 11.6 Å². The maximum Gasteiger partial charge on any atom is 0.110 e. The fraction of sp³-hybridized carbons (Fsp3) is 0.333. The minimum absolute atomic E-state index is 0.116. The second-order valence-electron chi connectivity index (χ2n) is 2.59. The first kappa shape index (κ1) is 8.36. The fourth-order valence-electron chi connectivity index (χ4n) is 1.24. The molecular weight excluding hydrogens is 152 g/mol. The molecule has 0 amide bonds. The van der Waals surface area contributed by atoms with Crippen LogP contribution in [0.5, 0.6) is 0 Å². The summed E-state index contributed by atoms with van der Waals surface area (Å²) in [5, 5.41) is 26.3. The van der Waals surface area contributed by atoms with Gasteiger partial charge < -0.3 is 5.11 Å². The standard InChI is InChI=1S/C9H8N2O/c10-5-4-7-2-1-3-9(12)8(7)6-11/h4,12H,1-3H2/b7-4-. The summed E-state index contributed by atoms with van der Waals surface area (Å²) in [4.78, 5) is 0. The minimum Gasteiger partial charge on any atom is -0.511 e. The van der Waals surface area contributed by atoms with Gasteiger partial charge in [0.25, 0.3) is 0 Å². The van der Waals surface area contributed by atoms with Gasteiger partial charge in [0.15, 0.2) is 0 Å². The fourth-order valence-corrected chi connectivity index (χ4v) is 1.24. The van der Waals surface area contributed by atoms with Gasteiger partial charge in [-0.25, -0.2) is 0 Å². The summed E-state index contributed by atoms with van der Waals surface area (Å²) in [6.45, 7) is 0. The van der Waals surface area contributed by atoms with Crippen LogP contribution in [0.3, 0.4) is 0 Å². The number of rotatable bonds is 0. The second kappa shape index (κ2) is 3.59. The molecule has 0 saturated heterocycles. The van der Waals surface area contributed by atoms with Crippen LogP contribution in [0, 0.1) is 22.7 Å². The van der Waals surface area contributed by atoms with E-state index in [2.05, 4.69) is 0 Å². The highest BCUT2D eigenvalue weighted by Gasteiger charge is 2.15. The third-order valence-corrected chi connectivity index (χ3v) is 1.82. The van der Waals surface area contributed by atoms with Crippen molar-refractivity contribution in [2.75, 3.05) is 0 Å². The van der Waals surface area contributed by atoms with Crippen LogP contribution in [0.25, 0.3) is 0 Å². The molecule has 0 bridgehead atoms. The number of hydrogen-bond acceptors (Lipinski definition) is 3. The van der Waals surface area contributed by atoms with Gasteiger partial charge in [-0.2, -0.15) is 10.5 Å². The molecule has 12 heavy (non-hydrogen) atoms. The van der Waals surface area contributed by atoms with Gasteiger partial charge in [-0.1, -0.05) is 0 Å². The summed E-state index contributed by atoms with van der Waals surface area (Å²) in [5.41, 5.74) is 0.937.